The zero-order chi connectivity index (χ0) is 34.3. The number of rotatable bonds is 2. The van der Waals surface area contributed by atoms with E-state index in [1.165, 1.54) is 82.3 Å². The van der Waals surface area contributed by atoms with Gasteiger partial charge in [0.25, 0.3) is 0 Å². The Hall–Kier alpha value is -6.58. The summed E-state index contributed by atoms with van der Waals surface area (Å²) in [4.78, 5) is 0. The molecule has 3 nitrogen and oxygen atoms in total. The van der Waals surface area contributed by atoms with Gasteiger partial charge < -0.3 is 13.6 Å². The van der Waals surface area contributed by atoms with Gasteiger partial charge in [-0.2, -0.15) is 0 Å². The van der Waals surface area contributed by atoms with E-state index in [0.29, 0.717) is 0 Å². The van der Waals surface area contributed by atoms with Crippen molar-refractivity contribution in [2.75, 3.05) is 0 Å². The summed E-state index contributed by atoms with van der Waals surface area (Å²) in [5.41, 5.74) is 14.2. The number of para-hydroxylation sites is 3. The summed E-state index contributed by atoms with van der Waals surface area (Å²) in [6.07, 6.45) is 0. The molecule has 0 radical (unpaired) electrons. The maximum atomic E-state index is 6.50. The molecular weight excluding hydrogens is 633 g/mol. The van der Waals surface area contributed by atoms with E-state index in [4.69, 9.17) is 4.42 Å². The van der Waals surface area contributed by atoms with E-state index >= 15 is 0 Å². The van der Waals surface area contributed by atoms with Crippen LogP contribution in [0.4, 0.5) is 0 Å². The first kappa shape index (κ1) is 28.2. The molecule has 11 aromatic rings. The maximum Gasteiger partial charge on any atom is 0.136 e. The number of furan rings is 1. The molecule has 12 rings (SSSR count). The Labute approximate surface area is 299 Å². The van der Waals surface area contributed by atoms with E-state index in [1.807, 2.05) is 0 Å². The van der Waals surface area contributed by atoms with Gasteiger partial charge in [0.05, 0.1) is 22.1 Å². The van der Waals surface area contributed by atoms with Gasteiger partial charge in [0.2, 0.25) is 0 Å². The van der Waals surface area contributed by atoms with Crippen LogP contribution in [0.15, 0.2) is 162 Å². The van der Waals surface area contributed by atoms with Crippen LogP contribution in [0.5, 0.6) is 0 Å². The fraction of sp³-hybridized carbons (Fsp3) is 0.0612. The van der Waals surface area contributed by atoms with Crippen molar-refractivity contribution in [1.29, 1.82) is 0 Å². The summed E-state index contributed by atoms with van der Waals surface area (Å²) < 4.78 is 11.5. The predicted molar refractivity (Wildman–Crippen MR) is 217 cm³/mol. The van der Waals surface area contributed by atoms with E-state index in [-0.39, 0.29) is 5.41 Å². The standard InChI is InChI=1S/C49H32N2O/c1-49(2)38-21-11-8-18-33(38)43-46(49)44-34-19-9-12-22-39(34)51(32-24-25-41-37(28-32)36-26-29-14-6-7-15-30(29)27-42(36)52-41)48(44)45-35-20-10-13-23-40(35)50(47(43)45)31-16-4-3-5-17-31/h3-28H,1-2H3. The fourth-order valence-electron chi connectivity index (χ4n) is 9.66. The predicted octanol–water partition coefficient (Wildman–Crippen LogP) is 13.2. The molecule has 1 aliphatic carbocycles. The molecule has 0 N–H and O–H groups in total. The molecule has 0 aliphatic heterocycles. The van der Waals surface area contributed by atoms with Gasteiger partial charge in [0.1, 0.15) is 11.2 Å². The molecule has 1 aliphatic rings. The van der Waals surface area contributed by atoms with Crippen molar-refractivity contribution in [3.05, 3.63) is 169 Å². The first-order valence-corrected chi connectivity index (χ1v) is 18.1. The van der Waals surface area contributed by atoms with Crippen molar-refractivity contribution in [3.8, 4) is 22.5 Å². The normalized spacial score (nSPS) is 13.7. The molecule has 0 saturated heterocycles. The van der Waals surface area contributed by atoms with Crippen molar-refractivity contribution in [2.24, 2.45) is 0 Å². The fourth-order valence-corrected chi connectivity index (χ4v) is 9.66. The zero-order valence-electron chi connectivity index (χ0n) is 28.8. The molecular formula is C49H32N2O. The van der Waals surface area contributed by atoms with Crippen LogP contribution in [0.25, 0.3) is 98.8 Å². The van der Waals surface area contributed by atoms with Crippen LogP contribution in [0.3, 0.4) is 0 Å². The summed E-state index contributed by atoms with van der Waals surface area (Å²) >= 11 is 0. The van der Waals surface area contributed by atoms with Crippen molar-refractivity contribution in [3.63, 3.8) is 0 Å². The van der Waals surface area contributed by atoms with Crippen LogP contribution in [0.2, 0.25) is 0 Å². The molecule has 0 amide bonds. The topological polar surface area (TPSA) is 23.0 Å². The minimum Gasteiger partial charge on any atom is -0.456 e. The van der Waals surface area contributed by atoms with E-state index in [2.05, 4.69) is 181 Å². The van der Waals surface area contributed by atoms with E-state index < -0.39 is 0 Å². The van der Waals surface area contributed by atoms with Crippen molar-refractivity contribution < 1.29 is 4.42 Å². The second kappa shape index (κ2) is 9.80. The molecule has 0 saturated carbocycles. The smallest absolute Gasteiger partial charge is 0.136 e. The van der Waals surface area contributed by atoms with Crippen molar-refractivity contribution in [2.45, 2.75) is 19.3 Å². The summed E-state index contributed by atoms with van der Waals surface area (Å²) in [6.45, 7) is 4.83. The summed E-state index contributed by atoms with van der Waals surface area (Å²) in [7, 11) is 0. The Morgan fingerprint density at radius 2 is 1.08 bits per heavy atom. The number of benzene rings is 8. The van der Waals surface area contributed by atoms with Gasteiger partial charge in [-0.3, -0.25) is 0 Å². The minimum absolute atomic E-state index is 0.225. The summed E-state index contributed by atoms with van der Waals surface area (Å²) in [5, 5.41) is 9.80. The third-order valence-electron chi connectivity index (χ3n) is 11.8. The second-order valence-corrected chi connectivity index (χ2v) is 14.9. The number of hydrogen-bond acceptors (Lipinski definition) is 1. The second-order valence-electron chi connectivity index (χ2n) is 14.9. The zero-order valence-corrected chi connectivity index (χ0v) is 28.8. The molecule has 0 unspecified atom stereocenters. The molecule has 3 aromatic heterocycles. The summed E-state index contributed by atoms with van der Waals surface area (Å²) in [6, 6.07) is 57.7. The number of nitrogens with zero attached hydrogens (tertiary/aromatic N) is 2. The highest BCUT2D eigenvalue weighted by Gasteiger charge is 2.41. The summed E-state index contributed by atoms with van der Waals surface area (Å²) in [5.74, 6) is 0. The number of fused-ring (bicyclic) bond motifs is 16. The van der Waals surface area contributed by atoms with E-state index in [1.54, 1.807) is 0 Å². The quantitative estimate of drug-likeness (QED) is 0.180. The maximum absolute atomic E-state index is 6.50. The Kier molecular flexibility index (Phi) is 5.31. The van der Waals surface area contributed by atoms with E-state index in [9.17, 15) is 0 Å². The molecule has 8 aromatic carbocycles. The Bertz CT molecular complexity index is 3320. The first-order chi connectivity index (χ1) is 25.6. The number of aromatic nitrogens is 2. The highest BCUT2D eigenvalue weighted by Crippen LogP contribution is 2.58. The van der Waals surface area contributed by atoms with Crippen LogP contribution >= 0.6 is 0 Å². The van der Waals surface area contributed by atoms with Gasteiger partial charge in [-0.1, -0.05) is 117 Å². The van der Waals surface area contributed by atoms with Crippen LogP contribution in [-0.2, 0) is 5.41 Å². The first-order valence-electron chi connectivity index (χ1n) is 18.1. The largest absolute Gasteiger partial charge is 0.456 e. The highest BCUT2D eigenvalue weighted by molar-refractivity contribution is 6.31. The van der Waals surface area contributed by atoms with Gasteiger partial charge in [-0.05, 0) is 82.1 Å². The monoisotopic (exact) mass is 664 g/mol. The number of hydrogen-bond donors (Lipinski definition) is 0. The van der Waals surface area contributed by atoms with E-state index in [0.717, 1.165) is 27.6 Å². The van der Waals surface area contributed by atoms with Gasteiger partial charge in [0.15, 0.2) is 0 Å². The minimum atomic E-state index is -0.225. The van der Waals surface area contributed by atoms with Crippen LogP contribution < -0.4 is 0 Å². The van der Waals surface area contributed by atoms with Crippen LogP contribution in [-0.4, -0.2) is 9.13 Å². The Balaban J connectivity index is 1.33. The molecule has 3 heterocycles. The van der Waals surface area contributed by atoms with Gasteiger partial charge in [-0.15, -0.1) is 0 Å². The lowest BCUT2D eigenvalue weighted by Crippen LogP contribution is -2.15. The van der Waals surface area contributed by atoms with Gasteiger partial charge in [-0.25, -0.2) is 0 Å². The molecule has 0 spiro atoms. The Morgan fingerprint density at radius 3 is 1.87 bits per heavy atom. The third kappa shape index (κ3) is 3.45. The lowest BCUT2D eigenvalue weighted by molar-refractivity contribution is 0.667. The third-order valence-corrected chi connectivity index (χ3v) is 11.8. The average molecular weight is 665 g/mol. The van der Waals surface area contributed by atoms with Gasteiger partial charge in [0, 0.05) is 54.7 Å². The molecule has 3 heteroatoms. The lowest BCUT2D eigenvalue weighted by Gasteiger charge is -2.23. The van der Waals surface area contributed by atoms with Crippen LogP contribution in [0.1, 0.15) is 25.0 Å². The van der Waals surface area contributed by atoms with Crippen molar-refractivity contribution >= 4 is 76.3 Å². The van der Waals surface area contributed by atoms with Gasteiger partial charge >= 0.3 is 0 Å². The lowest BCUT2D eigenvalue weighted by atomic mass is 9.80. The molecule has 0 atom stereocenters. The Morgan fingerprint density at radius 1 is 0.462 bits per heavy atom. The average Bonchev–Trinajstić information content (AvgIpc) is 3.89. The molecule has 244 valence electrons. The molecule has 0 bridgehead atoms. The molecule has 0 fully saturated rings. The molecule has 52 heavy (non-hydrogen) atoms. The SMILES string of the molecule is CC1(C)c2ccccc2-c2c1c1c3ccccc3n(-c3ccc4oc5cc6ccccc6cc5c4c3)c1c1c3ccccc3n(-c3ccccc3)c21. The van der Waals surface area contributed by atoms with Crippen LogP contribution in [0, 0.1) is 0 Å². The van der Waals surface area contributed by atoms with Crippen molar-refractivity contribution in [1.82, 2.24) is 9.13 Å². The highest BCUT2D eigenvalue weighted by atomic mass is 16.3.